The third-order valence-electron chi connectivity index (χ3n) is 3.21. The standard InChI is InChI=1S/C13H14N2O4/c16-10-5-1-4-9(11(10)17)13-14-12(15-19-13)8-3-2-6-18-7-8/h1,4-5,8,16-17H,2-3,6-7H2. The van der Waals surface area contributed by atoms with Crippen molar-refractivity contribution in [1.29, 1.82) is 0 Å². The van der Waals surface area contributed by atoms with E-state index in [-0.39, 0.29) is 23.3 Å². The Balaban J connectivity index is 1.90. The predicted octanol–water partition coefficient (Wildman–Crippen LogP) is 2.04. The van der Waals surface area contributed by atoms with Crippen LogP contribution in [0.1, 0.15) is 24.6 Å². The lowest BCUT2D eigenvalue weighted by Crippen LogP contribution is -2.16. The number of ether oxygens (including phenoxy) is 1. The number of hydrogen-bond acceptors (Lipinski definition) is 6. The average Bonchev–Trinajstić information content (AvgIpc) is 2.92. The number of phenolic OH excluding ortho intramolecular Hbond substituents is 2. The van der Waals surface area contributed by atoms with E-state index in [1.165, 1.54) is 6.07 Å². The molecule has 6 nitrogen and oxygen atoms in total. The number of para-hydroxylation sites is 1. The van der Waals surface area contributed by atoms with Gasteiger partial charge >= 0.3 is 0 Å². The summed E-state index contributed by atoms with van der Waals surface area (Å²) in [5.74, 6) is 0.452. The first kappa shape index (κ1) is 12.0. The molecule has 2 heterocycles. The Kier molecular flexibility index (Phi) is 3.08. The Bertz CT molecular complexity index is 576. The van der Waals surface area contributed by atoms with Crippen molar-refractivity contribution in [3.05, 3.63) is 24.0 Å². The minimum absolute atomic E-state index is 0.130. The average molecular weight is 262 g/mol. The predicted molar refractivity (Wildman–Crippen MR) is 65.9 cm³/mol. The van der Waals surface area contributed by atoms with Crippen molar-refractivity contribution in [2.75, 3.05) is 13.2 Å². The van der Waals surface area contributed by atoms with Gasteiger partial charge < -0.3 is 19.5 Å². The van der Waals surface area contributed by atoms with Crippen LogP contribution in [0.15, 0.2) is 22.7 Å². The smallest absolute Gasteiger partial charge is 0.261 e. The van der Waals surface area contributed by atoms with Gasteiger partial charge in [-0.3, -0.25) is 0 Å². The lowest BCUT2D eigenvalue weighted by Gasteiger charge is -2.18. The highest BCUT2D eigenvalue weighted by Crippen LogP contribution is 2.35. The van der Waals surface area contributed by atoms with Gasteiger partial charge in [0.05, 0.1) is 12.2 Å². The molecule has 6 heteroatoms. The molecule has 19 heavy (non-hydrogen) atoms. The summed E-state index contributed by atoms with van der Waals surface area (Å²) >= 11 is 0. The Morgan fingerprint density at radius 1 is 1.26 bits per heavy atom. The maximum absolute atomic E-state index is 9.77. The van der Waals surface area contributed by atoms with Gasteiger partial charge in [0.2, 0.25) is 0 Å². The Labute approximate surface area is 109 Å². The van der Waals surface area contributed by atoms with Crippen LogP contribution in [0.5, 0.6) is 11.5 Å². The van der Waals surface area contributed by atoms with Crippen LogP contribution >= 0.6 is 0 Å². The fourth-order valence-electron chi connectivity index (χ4n) is 2.16. The van der Waals surface area contributed by atoms with Crippen molar-refractivity contribution < 1.29 is 19.5 Å². The van der Waals surface area contributed by atoms with Crippen LogP contribution in [0.3, 0.4) is 0 Å². The van der Waals surface area contributed by atoms with E-state index in [0.29, 0.717) is 18.0 Å². The van der Waals surface area contributed by atoms with E-state index in [9.17, 15) is 10.2 Å². The van der Waals surface area contributed by atoms with E-state index in [4.69, 9.17) is 9.26 Å². The molecule has 1 aliphatic heterocycles. The van der Waals surface area contributed by atoms with Crippen LogP contribution in [0, 0.1) is 0 Å². The maximum Gasteiger partial charge on any atom is 0.261 e. The van der Waals surface area contributed by atoms with Crippen LogP contribution in [0.2, 0.25) is 0 Å². The lowest BCUT2D eigenvalue weighted by molar-refractivity contribution is 0.0773. The van der Waals surface area contributed by atoms with Crippen LogP contribution in [-0.4, -0.2) is 33.6 Å². The summed E-state index contributed by atoms with van der Waals surface area (Å²) in [6.45, 7) is 1.36. The minimum atomic E-state index is -0.252. The molecule has 1 saturated heterocycles. The third-order valence-corrected chi connectivity index (χ3v) is 3.21. The zero-order valence-corrected chi connectivity index (χ0v) is 10.2. The van der Waals surface area contributed by atoms with Gasteiger partial charge in [0.25, 0.3) is 5.89 Å². The molecular weight excluding hydrogens is 248 g/mol. The largest absolute Gasteiger partial charge is 0.504 e. The highest BCUT2D eigenvalue weighted by atomic mass is 16.5. The van der Waals surface area contributed by atoms with E-state index in [1.807, 2.05) is 0 Å². The maximum atomic E-state index is 9.77. The number of aromatic nitrogens is 2. The fraction of sp³-hybridized carbons (Fsp3) is 0.385. The van der Waals surface area contributed by atoms with Crippen molar-refractivity contribution in [2.24, 2.45) is 0 Å². The summed E-state index contributed by atoms with van der Waals surface area (Å²) in [6, 6.07) is 4.62. The molecule has 100 valence electrons. The van der Waals surface area contributed by atoms with Gasteiger partial charge in [-0.15, -0.1) is 0 Å². The second-order valence-electron chi connectivity index (χ2n) is 4.55. The molecule has 1 aromatic heterocycles. The van der Waals surface area contributed by atoms with Gasteiger partial charge in [-0.2, -0.15) is 4.98 Å². The molecule has 0 bridgehead atoms. The first-order valence-electron chi connectivity index (χ1n) is 6.18. The van der Waals surface area contributed by atoms with Crippen molar-refractivity contribution in [3.8, 4) is 23.0 Å². The molecule has 1 fully saturated rings. The summed E-state index contributed by atoms with van der Waals surface area (Å²) in [5, 5.41) is 23.2. The Morgan fingerprint density at radius 2 is 2.16 bits per heavy atom. The zero-order valence-electron chi connectivity index (χ0n) is 10.2. The van der Waals surface area contributed by atoms with Gasteiger partial charge in [-0.05, 0) is 25.0 Å². The molecule has 0 amide bonds. The second-order valence-corrected chi connectivity index (χ2v) is 4.55. The number of phenols is 2. The van der Waals surface area contributed by atoms with Crippen LogP contribution < -0.4 is 0 Å². The molecule has 1 atom stereocenters. The van der Waals surface area contributed by atoms with Crippen LogP contribution in [-0.2, 0) is 4.74 Å². The number of benzene rings is 1. The first-order valence-corrected chi connectivity index (χ1v) is 6.18. The molecular formula is C13H14N2O4. The molecule has 0 spiro atoms. The molecule has 0 saturated carbocycles. The van der Waals surface area contributed by atoms with Crippen molar-refractivity contribution >= 4 is 0 Å². The Hall–Kier alpha value is -2.08. The Morgan fingerprint density at radius 3 is 2.95 bits per heavy atom. The van der Waals surface area contributed by atoms with E-state index < -0.39 is 0 Å². The topological polar surface area (TPSA) is 88.6 Å². The SMILES string of the molecule is Oc1cccc(-c2nc(C3CCCOC3)no2)c1O. The van der Waals surface area contributed by atoms with Gasteiger partial charge in [-0.25, -0.2) is 0 Å². The quantitative estimate of drug-likeness (QED) is 0.805. The molecule has 1 aromatic carbocycles. The monoisotopic (exact) mass is 262 g/mol. The normalized spacial score (nSPS) is 19.5. The lowest BCUT2D eigenvalue weighted by atomic mass is 10.0. The molecule has 2 aromatic rings. The van der Waals surface area contributed by atoms with E-state index in [1.54, 1.807) is 12.1 Å². The van der Waals surface area contributed by atoms with Crippen LogP contribution in [0.25, 0.3) is 11.5 Å². The summed E-state index contributed by atoms with van der Waals surface area (Å²) < 4.78 is 10.5. The number of rotatable bonds is 2. The molecule has 1 aliphatic rings. The summed E-state index contributed by atoms with van der Waals surface area (Å²) in [4.78, 5) is 4.28. The number of aromatic hydroxyl groups is 2. The van der Waals surface area contributed by atoms with Gasteiger partial charge in [-0.1, -0.05) is 11.2 Å². The highest BCUT2D eigenvalue weighted by molar-refractivity contribution is 5.66. The molecule has 0 radical (unpaired) electrons. The first-order chi connectivity index (χ1) is 9.25. The fourth-order valence-corrected chi connectivity index (χ4v) is 2.16. The molecule has 0 aliphatic carbocycles. The highest BCUT2D eigenvalue weighted by Gasteiger charge is 2.23. The molecule has 2 N–H and O–H groups in total. The minimum Gasteiger partial charge on any atom is -0.504 e. The molecule has 1 unspecified atom stereocenters. The summed E-state index contributed by atoms with van der Waals surface area (Å²) in [5.41, 5.74) is 0.329. The summed E-state index contributed by atoms with van der Waals surface area (Å²) in [6.07, 6.45) is 1.94. The van der Waals surface area contributed by atoms with Crippen molar-refractivity contribution in [1.82, 2.24) is 10.1 Å². The van der Waals surface area contributed by atoms with E-state index >= 15 is 0 Å². The molecule has 3 rings (SSSR count). The number of nitrogens with zero attached hydrogens (tertiary/aromatic N) is 2. The van der Waals surface area contributed by atoms with E-state index in [0.717, 1.165) is 19.4 Å². The van der Waals surface area contributed by atoms with Crippen molar-refractivity contribution in [2.45, 2.75) is 18.8 Å². The van der Waals surface area contributed by atoms with Gasteiger partial charge in [0.15, 0.2) is 17.3 Å². The van der Waals surface area contributed by atoms with Gasteiger partial charge in [0.1, 0.15) is 0 Å². The number of hydrogen-bond donors (Lipinski definition) is 2. The van der Waals surface area contributed by atoms with E-state index in [2.05, 4.69) is 10.1 Å². The van der Waals surface area contributed by atoms with Crippen molar-refractivity contribution in [3.63, 3.8) is 0 Å². The second kappa shape index (κ2) is 4.89. The summed E-state index contributed by atoms with van der Waals surface area (Å²) in [7, 11) is 0. The third kappa shape index (κ3) is 2.26. The zero-order chi connectivity index (χ0) is 13.2. The van der Waals surface area contributed by atoms with Crippen LogP contribution in [0.4, 0.5) is 0 Å². The van der Waals surface area contributed by atoms with Gasteiger partial charge in [0, 0.05) is 12.5 Å².